The minimum absolute atomic E-state index is 0.183. The fourth-order valence-corrected chi connectivity index (χ4v) is 7.00. The number of aromatic nitrogens is 2. The van der Waals surface area contributed by atoms with E-state index in [0.29, 0.717) is 44.1 Å². The minimum Gasteiger partial charge on any atom is -0.486 e. The van der Waals surface area contributed by atoms with E-state index in [9.17, 15) is 4.79 Å². The number of likely N-dealkylation sites (tertiary alicyclic amines) is 2. The number of amides is 1. The van der Waals surface area contributed by atoms with Gasteiger partial charge in [0.1, 0.15) is 17.7 Å². The molecular formula is C31H35Cl2N7O2. The summed E-state index contributed by atoms with van der Waals surface area (Å²) in [5.74, 6) is 1.94. The predicted molar refractivity (Wildman–Crippen MR) is 166 cm³/mol. The summed E-state index contributed by atoms with van der Waals surface area (Å²) >= 11 is 12.6. The zero-order valence-electron chi connectivity index (χ0n) is 23.8. The maximum absolute atomic E-state index is 12.9. The molecule has 0 aliphatic carbocycles. The zero-order chi connectivity index (χ0) is 29.6. The van der Waals surface area contributed by atoms with E-state index >= 15 is 0 Å². The Morgan fingerprint density at radius 3 is 2.40 bits per heavy atom. The molecule has 3 aromatic rings. The fraction of sp³-hybridized carbons (Fsp3) is 0.419. The number of nitrogens with zero attached hydrogens (tertiary/aromatic N) is 5. The molecule has 3 fully saturated rings. The number of piperidine rings is 1. The number of carbonyl (C=O) groups excluding carboxylic acids is 1. The van der Waals surface area contributed by atoms with Crippen LogP contribution in [0, 0.1) is 16.7 Å². The van der Waals surface area contributed by atoms with Crippen molar-refractivity contribution in [3.8, 4) is 5.75 Å². The number of rotatable bonds is 7. The van der Waals surface area contributed by atoms with E-state index in [1.54, 1.807) is 24.4 Å². The molecule has 0 saturated carbocycles. The van der Waals surface area contributed by atoms with Crippen LogP contribution in [0.1, 0.15) is 42.6 Å². The molecule has 1 aromatic carbocycles. The number of halogens is 2. The lowest BCUT2D eigenvalue weighted by Crippen LogP contribution is -2.73. The fourth-order valence-electron chi connectivity index (χ4n) is 6.33. The van der Waals surface area contributed by atoms with Gasteiger partial charge >= 0.3 is 0 Å². The van der Waals surface area contributed by atoms with Crippen LogP contribution in [-0.2, 0) is 4.79 Å². The van der Waals surface area contributed by atoms with Crippen LogP contribution in [-0.4, -0.2) is 77.7 Å². The van der Waals surface area contributed by atoms with Gasteiger partial charge in [-0.2, -0.15) is 0 Å². The van der Waals surface area contributed by atoms with Crippen molar-refractivity contribution in [3.63, 3.8) is 0 Å². The van der Waals surface area contributed by atoms with Crippen LogP contribution in [0.25, 0.3) is 0 Å². The number of hydrogen-bond acceptors (Lipinski definition) is 8. The van der Waals surface area contributed by atoms with Gasteiger partial charge in [0.25, 0.3) is 0 Å². The number of pyridine rings is 2. The molecule has 0 radical (unpaired) electrons. The average Bonchev–Trinajstić information content (AvgIpc) is 2.93. The van der Waals surface area contributed by atoms with Gasteiger partial charge in [0.15, 0.2) is 0 Å². The Morgan fingerprint density at radius 1 is 1.07 bits per heavy atom. The lowest BCUT2D eigenvalue weighted by atomic mass is 9.72. The number of anilines is 2. The molecule has 0 bridgehead atoms. The topological polar surface area (TPSA) is 112 Å². The highest BCUT2D eigenvalue weighted by atomic mass is 35.5. The molecule has 3 saturated heterocycles. The molecule has 3 aliphatic heterocycles. The highest BCUT2D eigenvalue weighted by Crippen LogP contribution is 2.42. The maximum atomic E-state index is 12.9. The van der Waals surface area contributed by atoms with Crippen molar-refractivity contribution >= 4 is 46.3 Å². The van der Waals surface area contributed by atoms with Gasteiger partial charge in [-0.1, -0.05) is 23.2 Å². The predicted octanol–water partition coefficient (Wildman–Crippen LogP) is 4.91. The molecule has 1 amide bonds. The molecule has 42 heavy (non-hydrogen) atoms. The van der Waals surface area contributed by atoms with Crippen LogP contribution in [0.4, 0.5) is 11.5 Å². The molecule has 0 unspecified atom stereocenters. The number of carbonyl (C=O) groups is 1. The van der Waals surface area contributed by atoms with E-state index in [-0.39, 0.29) is 17.0 Å². The van der Waals surface area contributed by atoms with Gasteiger partial charge in [0.2, 0.25) is 5.91 Å². The number of hydrogen-bond donors (Lipinski definition) is 2. The van der Waals surface area contributed by atoms with Crippen LogP contribution in [0.2, 0.25) is 10.0 Å². The van der Waals surface area contributed by atoms with Gasteiger partial charge in [0, 0.05) is 78.5 Å². The minimum atomic E-state index is -0.436. The van der Waals surface area contributed by atoms with Crippen molar-refractivity contribution in [1.82, 2.24) is 19.8 Å². The summed E-state index contributed by atoms with van der Waals surface area (Å²) in [6, 6.07) is 9.08. The summed E-state index contributed by atoms with van der Waals surface area (Å²) in [6.07, 6.45) is 6.27. The van der Waals surface area contributed by atoms with Crippen molar-refractivity contribution in [3.05, 3.63) is 75.7 Å². The molecule has 1 spiro atoms. The number of benzene rings is 1. The van der Waals surface area contributed by atoms with E-state index < -0.39 is 6.10 Å². The summed E-state index contributed by atoms with van der Waals surface area (Å²) in [5.41, 5.74) is 9.02. The Morgan fingerprint density at radius 2 is 1.76 bits per heavy atom. The largest absolute Gasteiger partial charge is 0.486 e. The summed E-state index contributed by atoms with van der Waals surface area (Å²) < 4.78 is 6.12. The van der Waals surface area contributed by atoms with Gasteiger partial charge in [0.05, 0.1) is 15.8 Å². The first kappa shape index (κ1) is 28.7. The zero-order valence-corrected chi connectivity index (χ0v) is 25.3. The molecule has 9 nitrogen and oxygen atoms in total. The Kier molecular flexibility index (Phi) is 7.76. The molecule has 3 N–H and O–H groups in total. The summed E-state index contributed by atoms with van der Waals surface area (Å²) in [7, 11) is 2.12. The Bertz CT molecular complexity index is 1470. The first-order chi connectivity index (χ1) is 20.1. The second-order valence-corrected chi connectivity index (χ2v) is 12.7. The van der Waals surface area contributed by atoms with Gasteiger partial charge in [-0.15, -0.1) is 0 Å². The summed E-state index contributed by atoms with van der Waals surface area (Å²) in [4.78, 5) is 28.1. The number of nitrogens with two attached hydrogens (primary N) is 1. The van der Waals surface area contributed by atoms with Crippen molar-refractivity contribution in [2.24, 2.45) is 11.3 Å². The van der Waals surface area contributed by atoms with E-state index in [0.717, 1.165) is 57.9 Å². The van der Waals surface area contributed by atoms with Crippen molar-refractivity contribution < 1.29 is 9.53 Å². The van der Waals surface area contributed by atoms with Gasteiger partial charge < -0.3 is 25.2 Å². The third-order valence-corrected chi connectivity index (χ3v) is 9.35. The lowest BCUT2D eigenvalue weighted by molar-refractivity contribution is -0.151. The molecule has 2 aromatic heterocycles. The Hall–Kier alpha value is -3.40. The third kappa shape index (κ3) is 5.53. The monoisotopic (exact) mass is 607 g/mol. The van der Waals surface area contributed by atoms with E-state index in [1.807, 2.05) is 19.1 Å². The van der Waals surface area contributed by atoms with Crippen LogP contribution in [0.15, 0.2) is 48.9 Å². The second-order valence-electron chi connectivity index (χ2n) is 11.9. The molecule has 3 aliphatic rings. The van der Waals surface area contributed by atoms with Crippen LogP contribution in [0.3, 0.4) is 0 Å². The van der Waals surface area contributed by atoms with E-state index in [1.165, 1.54) is 12.4 Å². The number of nitrogen functional groups attached to an aromatic ring is 1. The lowest BCUT2D eigenvalue weighted by Gasteiger charge is -2.61. The standard InChI is InChI=1S/C31H35Cl2N7O2/c1-19(28-24(32)13-36-14-25(28)33)42-22-4-5-26(34)23(11-22)29(35)21-3-6-27(37-12-21)39-15-31(16-39)17-40(18-31)30(41)20-7-9-38(2)10-8-20/h3-6,11-14,19-20,35H,7-10,15-18,34H2,1-2H3/t19-/m1/s1. The molecular weight excluding hydrogens is 573 g/mol. The molecule has 220 valence electrons. The SMILES string of the molecule is C[C@@H](Oc1ccc(N)c(C(=N)c2ccc(N3CC4(CN(C(=O)C5CCN(C)CC5)C4)C3)nc2)c1)c1c(Cl)cncc1Cl. The van der Waals surface area contributed by atoms with E-state index in [4.69, 9.17) is 39.1 Å². The van der Waals surface area contributed by atoms with Crippen molar-refractivity contribution in [2.75, 3.05) is 56.9 Å². The first-order valence-electron chi connectivity index (χ1n) is 14.3. The molecule has 6 rings (SSSR count). The first-order valence-corrected chi connectivity index (χ1v) is 15.0. The highest BCUT2D eigenvalue weighted by molar-refractivity contribution is 6.35. The molecule has 11 heteroatoms. The quantitative estimate of drug-likeness (QED) is 0.290. The number of nitrogens with one attached hydrogen (secondary N) is 1. The highest BCUT2D eigenvalue weighted by Gasteiger charge is 2.54. The van der Waals surface area contributed by atoms with Crippen LogP contribution >= 0.6 is 23.2 Å². The Balaban J connectivity index is 1.05. The summed E-state index contributed by atoms with van der Waals surface area (Å²) in [6.45, 7) is 7.33. The van der Waals surface area contributed by atoms with Gasteiger partial charge in [-0.3, -0.25) is 15.2 Å². The van der Waals surface area contributed by atoms with Crippen LogP contribution in [0.5, 0.6) is 5.75 Å². The second kappa shape index (κ2) is 11.4. The van der Waals surface area contributed by atoms with Crippen molar-refractivity contribution in [1.29, 1.82) is 5.41 Å². The van der Waals surface area contributed by atoms with E-state index in [2.05, 4.69) is 31.7 Å². The maximum Gasteiger partial charge on any atom is 0.225 e. The number of ether oxygens (including phenoxy) is 1. The third-order valence-electron chi connectivity index (χ3n) is 8.75. The van der Waals surface area contributed by atoms with Gasteiger partial charge in [-0.25, -0.2) is 4.98 Å². The Labute approximate surface area is 256 Å². The van der Waals surface area contributed by atoms with Crippen LogP contribution < -0.4 is 15.4 Å². The smallest absolute Gasteiger partial charge is 0.225 e. The summed E-state index contributed by atoms with van der Waals surface area (Å²) in [5, 5.41) is 9.69. The van der Waals surface area contributed by atoms with Gasteiger partial charge in [-0.05, 0) is 70.2 Å². The van der Waals surface area contributed by atoms with Crippen molar-refractivity contribution in [2.45, 2.75) is 25.9 Å². The molecule has 1 atom stereocenters. The average molecular weight is 609 g/mol. The molecule has 5 heterocycles. The normalized spacial score (nSPS) is 19.2.